The van der Waals surface area contributed by atoms with Crippen LogP contribution in [-0.4, -0.2) is 56.0 Å². The van der Waals surface area contributed by atoms with Crippen molar-refractivity contribution in [2.75, 3.05) is 27.2 Å². The molecule has 0 aromatic heterocycles. The molecule has 0 aliphatic carbocycles. The molecule has 1 atom stereocenters. The highest BCUT2D eigenvalue weighted by Crippen LogP contribution is 2.08. The molecule has 1 aliphatic heterocycles. The maximum absolute atomic E-state index is 12.0. The molecule has 2 rings (SSSR count). The second-order valence-corrected chi connectivity index (χ2v) is 6.39. The average Bonchev–Trinajstić information content (AvgIpc) is 2.79. The third kappa shape index (κ3) is 5.77. The maximum atomic E-state index is 12.0. The fourth-order valence-corrected chi connectivity index (χ4v) is 2.72. The molecule has 7 nitrogen and oxygen atoms in total. The number of hydrogen-bond acceptors (Lipinski definition) is 3. The fraction of sp³-hybridized carbons (Fsp3) is 0.500. The summed E-state index contributed by atoms with van der Waals surface area (Å²) in [6.07, 6.45) is 3.12. The number of nitrogens with zero attached hydrogens (tertiary/aromatic N) is 1. The van der Waals surface area contributed by atoms with Gasteiger partial charge < -0.3 is 20.9 Å². The second kappa shape index (κ2) is 9.05. The maximum Gasteiger partial charge on any atom is 0.315 e. The Kier molecular flexibility index (Phi) is 6.80. The first kappa shape index (κ1) is 18.8. The Hall–Kier alpha value is -2.57. The van der Waals surface area contributed by atoms with Crippen molar-refractivity contribution in [3.05, 3.63) is 35.4 Å². The molecule has 1 aromatic rings. The van der Waals surface area contributed by atoms with E-state index < -0.39 is 6.04 Å². The van der Waals surface area contributed by atoms with Crippen LogP contribution in [0, 0.1) is 0 Å². The number of carbonyl (C=O) groups excluding carboxylic acids is 3. The van der Waals surface area contributed by atoms with Crippen molar-refractivity contribution in [1.82, 2.24) is 20.9 Å². The van der Waals surface area contributed by atoms with E-state index in [1.807, 2.05) is 18.2 Å². The van der Waals surface area contributed by atoms with Gasteiger partial charge in [0.2, 0.25) is 5.91 Å². The van der Waals surface area contributed by atoms with Crippen molar-refractivity contribution in [1.29, 1.82) is 0 Å². The standard InChI is InChI=1S/C18H26N4O3/c1-22(2)17(24)14-7-5-6-13(12-14)9-11-20-18(25)21-15-8-3-4-10-19-16(15)23/h5-7,12,15H,3-4,8-11H2,1-2H3,(H,19,23)(H2,20,21,25)/t15-/m1/s1. The summed E-state index contributed by atoms with van der Waals surface area (Å²) >= 11 is 0. The van der Waals surface area contributed by atoms with Crippen LogP contribution in [0.2, 0.25) is 0 Å². The molecule has 1 fully saturated rings. The van der Waals surface area contributed by atoms with Gasteiger partial charge in [-0.25, -0.2) is 4.79 Å². The quantitative estimate of drug-likeness (QED) is 0.740. The molecular formula is C18H26N4O3. The molecule has 25 heavy (non-hydrogen) atoms. The van der Waals surface area contributed by atoms with E-state index >= 15 is 0 Å². The number of rotatable bonds is 5. The molecule has 0 unspecified atom stereocenters. The molecule has 1 saturated heterocycles. The van der Waals surface area contributed by atoms with Crippen molar-refractivity contribution in [2.24, 2.45) is 0 Å². The van der Waals surface area contributed by atoms with Crippen LogP contribution in [0.4, 0.5) is 4.79 Å². The molecule has 0 radical (unpaired) electrons. The average molecular weight is 346 g/mol. The Morgan fingerprint density at radius 3 is 2.84 bits per heavy atom. The first-order valence-corrected chi connectivity index (χ1v) is 8.60. The molecule has 1 aromatic carbocycles. The SMILES string of the molecule is CN(C)C(=O)c1cccc(CCNC(=O)N[C@@H]2CCCCNC2=O)c1. The number of urea groups is 1. The minimum Gasteiger partial charge on any atom is -0.354 e. The van der Waals surface area contributed by atoms with Crippen LogP contribution < -0.4 is 16.0 Å². The molecule has 136 valence electrons. The molecule has 1 heterocycles. The van der Waals surface area contributed by atoms with Crippen LogP contribution in [-0.2, 0) is 11.2 Å². The second-order valence-electron chi connectivity index (χ2n) is 6.39. The third-order valence-corrected chi connectivity index (χ3v) is 4.12. The van der Waals surface area contributed by atoms with E-state index in [4.69, 9.17) is 0 Å². The van der Waals surface area contributed by atoms with Crippen LogP contribution in [0.25, 0.3) is 0 Å². The molecule has 3 N–H and O–H groups in total. The van der Waals surface area contributed by atoms with Crippen molar-refractivity contribution in [2.45, 2.75) is 31.7 Å². The Labute approximate surface area is 148 Å². The fourth-order valence-electron chi connectivity index (χ4n) is 2.72. The minimum atomic E-state index is -0.469. The molecule has 1 aliphatic rings. The zero-order valence-corrected chi connectivity index (χ0v) is 14.8. The van der Waals surface area contributed by atoms with Crippen LogP contribution in [0.5, 0.6) is 0 Å². The van der Waals surface area contributed by atoms with Gasteiger partial charge in [-0.1, -0.05) is 12.1 Å². The Balaban J connectivity index is 1.80. The summed E-state index contributed by atoms with van der Waals surface area (Å²) in [4.78, 5) is 37.3. The topological polar surface area (TPSA) is 90.5 Å². The van der Waals surface area contributed by atoms with Crippen molar-refractivity contribution >= 4 is 17.8 Å². The van der Waals surface area contributed by atoms with E-state index in [0.717, 1.165) is 18.4 Å². The van der Waals surface area contributed by atoms with E-state index in [0.29, 0.717) is 31.5 Å². The molecule has 0 spiro atoms. The zero-order valence-electron chi connectivity index (χ0n) is 14.8. The highest BCUT2D eigenvalue weighted by atomic mass is 16.2. The summed E-state index contributed by atoms with van der Waals surface area (Å²) in [7, 11) is 3.43. The van der Waals surface area contributed by atoms with E-state index in [1.165, 1.54) is 4.90 Å². The van der Waals surface area contributed by atoms with E-state index in [1.54, 1.807) is 20.2 Å². The first-order valence-electron chi connectivity index (χ1n) is 8.60. The summed E-state index contributed by atoms with van der Waals surface area (Å²) in [5.41, 5.74) is 1.60. The van der Waals surface area contributed by atoms with Crippen molar-refractivity contribution in [3.63, 3.8) is 0 Å². The van der Waals surface area contributed by atoms with Gasteiger partial charge in [0.05, 0.1) is 0 Å². The van der Waals surface area contributed by atoms with Gasteiger partial charge in [0.1, 0.15) is 6.04 Å². The molecule has 4 amide bonds. The normalized spacial score (nSPS) is 17.2. The van der Waals surface area contributed by atoms with Crippen LogP contribution in [0.15, 0.2) is 24.3 Å². The summed E-state index contributed by atoms with van der Waals surface area (Å²) in [6, 6.07) is 6.55. The highest BCUT2D eigenvalue weighted by Gasteiger charge is 2.22. The van der Waals surface area contributed by atoms with E-state index in [-0.39, 0.29) is 17.8 Å². The van der Waals surface area contributed by atoms with Crippen LogP contribution >= 0.6 is 0 Å². The molecular weight excluding hydrogens is 320 g/mol. The van der Waals surface area contributed by atoms with Gasteiger partial charge in [-0.15, -0.1) is 0 Å². The summed E-state index contributed by atoms with van der Waals surface area (Å²) < 4.78 is 0. The van der Waals surface area contributed by atoms with Crippen LogP contribution in [0.1, 0.15) is 35.2 Å². The summed E-state index contributed by atoms with van der Waals surface area (Å²) in [5, 5.41) is 8.27. The molecule has 0 saturated carbocycles. The zero-order chi connectivity index (χ0) is 18.2. The van der Waals surface area contributed by atoms with Gasteiger partial charge in [0.15, 0.2) is 0 Å². The minimum absolute atomic E-state index is 0.0491. The van der Waals surface area contributed by atoms with Gasteiger partial charge in [-0.2, -0.15) is 0 Å². The first-order chi connectivity index (χ1) is 12.0. The van der Waals surface area contributed by atoms with Gasteiger partial charge in [0, 0.05) is 32.7 Å². The van der Waals surface area contributed by atoms with Gasteiger partial charge in [0.25, 0.3) is 5.91 Å². The Morgan fingerprint density at radius 2 is 2.08 bits per heavy atom. The van der Waals surface area contributed by atoms with E-state index in [2.05, 4.69) is 16.0 Å². The van der Waals surface area contributed by atoms with Crippen LogP contribution in [0.3, 0.4) is 0 Å². The number of benzene rings is 1. The summed E-state index contributed by atoms with van der Waals surface area (Å²) in [5.74, 6) is -0.172. The predicted molar refractivity (Wildman–Crippen MR) is 95.3 cm³/mol. The number of hydrogen-bond donors (Lipinski definition) is 3. The van der Waals surface area contributed by atoms with Crippen molar-refractivity contribution < 1.29 is 14.4 Å². The number of nitrogens with one attached hydrogen (secondary N) is 3. The lowest BCUT2D eigenvalue weighted by molar-refractivity contribution is -0.122. The smallest absolute Gasteiger partial charge is 0.315 e. The summed E-state index contributed by atoms with van der Waals surface area (Å²) in [6.45, 7) is 1.10. The van der Waals surface area contributed by atoms with Gasteiger partial charge >= 0.3 is 6.03 Å². The monoisotopic (exact) mass is 346 g/mol. The molecule has 7 heteroatoms. The largest absolute Gasteiger partial charge is 0.354 e. The Bertz CT molecular complexity index is 631. The lowest BCUT2D eigenvalue weighted by Gasteiger charge is -2.16. The van der Waals surface area contributed by atoms with E-state index in [9.17, 15) is 14.4 Å². The van der Waals surface area contributed by atoms with Gasteiger partial charge in [-0.05, 0) is 43.4 Å². The number of amides is 4. The molecule has 0 bridgehead atoms. The highest BCUT2D eigenvalue weighted by molar-refractivity contribution is 5.94. The lowest BCUT2D eigenvalue weighted by Crippen LogP contribution is -2.49. The van der Waals surface area contributed by atoms with Gasteiger partial charge in [-0.3, -0.25) is 9.59 Å². The number of carbonyl (C=O) groups is 3. The predicted octanol–water partition coefficient (Wildman–Crippen LogP) is 0.899. The van der Waals surface area contributed by atoms with Crippen molar-refractivity contribution in [3.8, 4) is 0 Å². The lowest BCUT2D eigenvalue weighted by atomic mass is 10.1. The Morgan fingerprint density at radius 1 is 1.28 bits per heavy atom. The third-order valence-electron chi connectivity index (χ3n) is 4.12.